The van der Waals surface area contributed by atoms with E-state index in [4.69, 9.17) is 0 Å². The fraction of sp³-hybridized carbons (Fsp3) is 0.500. The van der Waals surface area contributed by atoms with Crippen molar-refractivity contribution in [3.05, 3.63) is 23.5 Å². The van der Waals surface area contributed by atoms with E-state index in [1.807, 2.05) is 22.2 Å². The normalized spacial score (nSPS) is 16.2. The lowest BCUT2D eigenvalue weighted by molar-refractivity contribution is 0.172. The fourth-order valence-electron chi connectivity index (χ4n) is 1.54. The predicted molar refractivity (Wildman–Crippen MR) is 67.1 cm³/mol. The van der Waals surface area contributed by atoms with Crippen LogP contribution in [0.3, 0.4) is 0 Å². The van der Waals surface area contributed by atoms with E-state index in [9.17, 15) is 13.5 Å². The first-order chi connectivity index (χ1) is 7.88. The van der Waals surface area contributed by atoms with Crippen molar-refractivity contribution in [3.63, 3.8) is 0 Å². The Kier molecular flexibility index (Phi) is 3.24. The molecule has 0 aromatic carbocycles. The van der Waals surface area contributed by atoms with Crippen molar-refractivity contribution in [1.29, 1.82) is 0 Å². The Labute approximate surface area is 104 Å². The molecule has 2 aromatic rings. The zero-order chi connectivity index (χ0) is 12.6. The van der Waals surface area contributed by atoms with Crippen LogP contribution in [0.1, 0.15) is 12.6 Å². The maximum absolute atomic E-state index is 11.3. The Hall–Kier alpha value is -0.920. The first-order valence-electron chi connectivity index (χ1n) is 5.16. The van der Waals surface area contributed by atoms with Crippen LogP contribution in [0.4, 0.5) is 0 Å². The predicted octanol–water partition coefficient (Wildman–Crippen LogP) is 0.732. The zero-order valence-electron chi connectivity index (χ0n) is 9.57. The summed E-state index contributed by atoms with van der Waals surface area (Å²) in [5.74, 6) is 0. The summed E-state index contributed by atoms with van der Waals surface area (Å²) in [6.45, 7) is 1.51. The maximum atomic E-state index is 11.3. The lowest BCUT2D eigenvalue weighted by Crippen LogP contribution is -2.32. The summed E-state index contributed by atoms with van der Waals surface area (Å²) >= 11 is 1.50. The average Bonchev–Trinajstić information content (AvgIpc) is 2.74. The highest BCUT2D eigenvalue weighted by molar-refractivity contribution is 7.91. The molecule has 0 bridgehead atoms. The van der Waals surface area contributed by atoms with Crippen molar-refractivity contribution >= 4 is 26.1 Å². The largest absolute Gasteiger partial charge is 0.391 e. The molecule has 0 aliphatic rings. The minimum Gasteiger partial charge on any atom is -0.391 e. The van der Waals surface area contributed by atoms with Gasteiger partial charge in [0.2, 0.25) is 0 Å². The van der Waals surface area contributed by atoms with Gasteiger partial charge in [-0.3, -0.25) is 4.40 Å². The van der Waals surface area contributed by atoms with Gasteiger partial charge in [-0.2, -0.15) is 0 Å². The van der Waals surface area contributed by atoms with E-state index < -0.39 is 21.2 Å². The molecule has 2 unspecified atom stereocenters. The molecule has 2 heterocycles. The van der Waals surface area contributed by atoms with Crippen LogP contribution in [-0.2, 0) is 16.3 Å². The lowest BCUT2D eigenvalue weighted by atomic mass is 10.1. The molecule has 0 aliphatic heterocycles. The topological polar surface area (TPSA) is 71.7 Å². The van der Waals surface area contributed by atoms with Gasteiger partial charge in [-0.25, -0.2) is 13.4 Å². The van der Waals surface area contributed by atoms with Crippen LogP contribution in [-0.4, -0.2) is 40.5 Å². The SMILES string of the molecule is CC(C(O)Cc1cn2ccsc2n1)S(C)(=O)=O. The Morgan fingerprint density at radius 1 is 1.59 bits per heavy atom. The number of aliphatic hydroxyl groups is 1. The Morgan fingerprint density at radius 3 is 2.88 bits per heavy atom. The summed E-state index contributed by atoms with van der Waals surface area (Å²) < 4.78 is 24.5. The Balaban J connectivity index is 2.13. The minimum atomic E-state index is -3.22. The van der Waals surface area contributed by atoms with Crippen LogP contribution in [0.25, 0.3) is 4.96 Å². The number of aliphatic hydroxyl groups excluding tert-OH is 1. The van der Waals surface area contributed by atoms with Crippen molar-refractivity contribution in [1.82, 2.24) is 9.38 Å². The van der Waals surface area contributed by atoms with E-state index in [0.717, 1.165) is 11.2 Å². The summed E-state index contributed by atoms with van der Waals surface area (Å²) in [5.41, 5.74) is 0.708. The molecule has 0 amide bonds. The van der Waals surface area contributed by atoms with E-state index in [0.29, 0.717) is 5.69 Å². The number of nitrogens with zero attached hydrogens (tertiary/aromatic N) is 2. The van der Waals surface area contributed by atoms with Gasteiger partial charge in [-0.05, 0) is 6.92 Å². The number of fused-ring (bicyclic) bond motifs is 1. The zero-order valence-corrected chi connectivity index (χ0v) is 11.2. The summed E-state index contributed by atoms with van der Waals surface area (Å²) in [6, 6.07) is 0. The van der Waals surface area contributed by atoms with Crippen molar-refractivity contribution < 1.29 is 13.5 Å². The number of hydrogen-bond donors (Lipinski definition) is 1. The van der Waals surface area contributed by atoms with Gasteiger partial charge in [0.15, 0.2) is 14.8 Å². The van der Waals surface area contributed by atoms with E-state index in [2.05, 4.69) is 4.98 Å². The molecule has 0 fully saturated rings. The second-order valence-corrected chi connectivity index (χ2v) is 7.41. The van der Waals surface area contributed by atoms with Gasteiger partial charge in [-0.1, -0.05) is 0 Å². The fourth-order valence-corrected chi connectivity index (χ4v) is 2.93. The van der Waals surface area contributed by atoms with Gasteiger partial charge < -0.3 is 5.11 Å². The number of thiazole rings is 1. The molecule has 0 saturated heterocycles. The monoisotopic (exact) mass is 274 g/mol. The van der Waals surface area contributed by atoms with E-state index in [1.165, 1.54) is 18.3 Å². The molecule has 2 atom stereocenters. The molecule has 5 nitrogen and oxygen atoms in total. The number of rotatable bonds is 4. The second kappa shape index (κ2) is 4.40. The molecule has 7 heteroatoms. The molecule has 1 N–H and O–H groups in total. The van der Waals surface area contributed by atoms with Gasteiger partial charge in [0.25, 0.3) is 0 Å². The van der Waals surface area contributed by atoms with E-state index >= 15 is 0 Å². The molecule has 17 heavy (non-hydrogen) atoms. The molecular weight excluding hydrogens is 260 g/mol. The molecule has 2 rings (SSSR count). The third-order valence-corrected chi connectivity index (χ3v) is 5.21. The maximum Gasteiger partial charge on any atom is 0.193 e. The number of imidazole rings is 1. The summed E-state index contributed by atoms with van der Waals surface area (Å²) in [6.07, 6.45) is 4.15. The van der Waals surface area contributed by atoms with Crippen LogP contribution in [0.2, 0.25) is 0 Å². The van der Waals surface area contributed by atoms with Gasteiger partial charge in [0.05, 0.1) is 17.0 Å². The third-order valence-electron chi connectivity index (χ3n) is 2.78. The summed E-state index contributed by atoms with van der Waals surface area (Å²) in [7, 11) is -3.22. The summed E-state index contributed by atoms with van der Waals surface area (Å²) in [4.78, 5) is 5.15. The van der Waals surface area contributed by atoms with Crippen LogP contribution >= 0.6 is 11.3 Å². The van der Waals surface area contributed by atoms with Gasteiger partial charge >= 0.3 is 0 Å². The van der Waals surface area contributed by atoms with Gasteiger partial charge in [0.1, 0.15) is 0 Å². The van der Waals surface area contributed by atoms with Crippen LogP contribution in [0, 0.1) is 0 Å². The minimum absolute atomic E-state index is 0.253. The quantitative estimate of drug-likeness (QED) is 0.892. The standard InChI is InChI=1S/C10H14N2O3S2/c1-7(17(2,14)15)9(13)5-8-6-12-3-4-16-10(12)11-8/h3-4,6-7,9,13H,5H2,1-2H3. The number of hydrogen-bond acceptors (Lipinski definition) is 5. The van der Waals surface area contributed by atoms with Crippen molar-refractivity contribution in [3.8, 4) is 0 Å². The highest BCUT2D eigenvalue weighted by Gasteiger charge is 2.24. The third kappa shape index (κ3) is 2.67. The first kappa shape index (κ1) is 12.5. The highest BCUT2D eigenvalue weighted by atomic mass is 32.2. The number of sulfone groups is 1. The molecular formula is C10H14N2O3S2. The molecule has 0 saturated carbocycles. The van der Waals surface area contributed by atoms with E-state index in [1.54, 1.807) is 0 Å². The summed E-state index contributed by atoms with van der Waals surface area (Å²) in [5, 5.41) is 11.0. The highest BCUT2D eigenvalue weighted by Crippen LogP contribution is 2.15. The average molecular weight is 274 g/mol. The first-order valence-corrected chi connectivity index (χ1v) is 7.99. The van der Waals surface area contributed by atoms with Crippen LogP contribution in [0.15, 0.2) is 17.8 Å². The van der Waals surface area contributed by atoms with Gasteiger partial charge in [0, 0.05) is 30.5 Å². The smallest absolute Gasteiger partial charge is 0.193 e. The molecule has 2 aromatic heterocycles. The van der Waals surface area contributed by atoms with Crippen LogP contribution < -0.4 is 0 Å². The Morgan fingerprint density at radius 2 is 2.29 bits per heavy atom. The van der Waals surface area contributed by atoms with Gasteiger partial charge in [-0.15, -0.1) is 11.3 Å². The molecule has 0 aliphatic carbocycles. The lowest BCUT2D eigenvalue weighted by Gasteiger charge is -2.15. The van der Waals surface area contributed by atoms with Crippen molar-refractivity contribution in [2.45, 2.75) is 24.7 Å². The molecule has 0 radical (unpaired) electrons. The molecule has 0 spiro atoms. The molecule has 94 valence electrons. The van der Waals surface area contributed by atoms with Crippen molar-refractivity contribution in [2.24, 2.45) is 0 Å². The second-order valence-electron chi connectivity index (χ2n) is 4.13. The van der Waals surface area contributed by atoms with E-state index in [-0.39, 0.29) is 6.42 Å². The van der Waals surface area contributed by atoms with Crippen LogP contribution in [0.5, 0.6) is 0 Å². The Bertz CT molecular complexity index is 586. The van der Waals surface area contributed by atoms with Crippen molar-refractivity contribution in [2.75, 3.05) is 6.26 Å². The number of aromatic nitrogens is 2.